The summed E-state index contributed by atoms with van der Waals surface area (Å²) in [6, 6.07) is 10.9. The van der Waals surface area contributed by atoms with Gasteiger partial charge in [0.15, 0.2) is 0 Å². The van der Waals surface area contributed by atoms with Crippen molar-refractivity contribution >= 4 is 23.5 Å². The first-order valence-corrected chi connectivity index (χ1v) is 7.56. The molecule has 4 nitrogen and oxygen atoms in total. The van der Waals surface area contributed by atoms with Crippen LogP contribution in [0.3, 0.4) is 0 Å². The lowest BCUT2D eigenvalue weighted by molar-refractivity contribution is 0.102. The zero-order valence-corrected chi connectivity index (χ0v) is 12.4. The highest BCUT2D eigenvalue weighted by molar-refractivity contribution is 7.98. The van der Waals surface area contributed by atoms with Gasteiger partial charge in [0.05, 0.1) is 12.1 Å². The molecular formula is C16H15N3OS. The number of nitrogens with zero attached hydrogens (tertiary/aromatic N) is 1. The molecule has 1 aromatic carbocycles. The molecule has 2 rings (SSSR count). The van der Waals surface area contributed by atoms with Crippen molar-refractivity contribution in [2.24, 2.45) is 5.73 Å². The lowest BCUT2D eigenvalue weighted by atomic mass is 10.2. The monoisotopic (exact) mass is 297 g/mol. The average Bonchev–Trinajstić information content (AvgIpc) is 2.53. The van der Waals surface area contributed by atoms with Crippen LogP contribution < -0.4 is 11.1 Å². The maximum atomic E-state index is 12.3. The number of thioether (sulfide) groups is 1. The van der Waals surface area contributed by atoms with Crippen molar-refractivity contribution in [3.05, 3.63) is 53.7 Å². The Kier molecular flexibility index (Phi) is 5.38. The number of hydrogen-bond donors (Lipinski definition) is 2. The van der Waals surface area contributed by atoms with Gasteiger partial charge in [-0.05, 0) is 30.5 Å². The van der Waals surface area contributed by atoms with Crippen molar-refractivity contribution in [3.63, 3.8) is 0 Å². The van der Waals surface area contributed by atoms with E-state index in [1.807, 2.05) is 24.5 Å². The lowest BCUT2D eigenvalue weighted by Gasteiger charge is -2.08. The number of aromatic nitrogens is 1. The number of pyridine rings is 1. The van der Waals surface area contributed by atoms with Crippen LogP contribution in [0.2, 0.25) is 0 Å². The second-order valence-corrected chi connectivity index (χ2v) is 4.94. The van der Waals surface area contributed by atoms with Gasteiger partial charge in [-0.2, -0.15) is 0 Å². The maximum Gasteiger partial charge on any atom is 0.257 e. The number of benzene rings is 1. The summed E-state index contributed by atoms with van der Waals surface area (Å²) >= 11 is 1.53. The summed E-state index contributed by atoms with van der Waals surface area (Å²) in [7, 11) is 0. The Morgan fingerprint density at radius 2 is 2.19 bits per heavy atom. The van der Waals surface area contributed by atoms with Crippen LogP contribution in [-0.2, 0) is 0 Å². The Bertz CT molecular complexity index is 704. The van der Waals surface area contributed by atoms with Crippen LogP contribution in [-0.4, -0.2) is 23.7 Å². The number of carbonyl (C=O) groups is 1. The van der Waals surface area contributed by atoms with E-state index in [0.29, 0.717) is 17.9 Å². The first kappa shape index (κ1) is 15.1. The van der Waals surface area contributed by atoms with Crippen LogP contribution in [0.15, 0.2) is 47.5 Å². The quantitative estimate of drug-likeness (QED) is 0.674. The van der Waals surface area contributed by atoms with E-state index in [1.54, 1.807) is 24.4 Å². The molecule has 106 valence electrons. The third-order valence-electron chi connectivity index (χ3n) is 2.69. The summed E-state index contributed by atoms with van der Waals surface area (Å²) in [6.07, 6.45) is 3.55. The molecule has 3 N–H and O–H groups in total. The zero-order valence-electron chi connectivity index (χ0n) is 11.6. The molecule has 0 atom stereocenters. The molecule has 0 spiro atoms. The van der Waals surface area contributed by atoms with Crippen molar-refractivity contribution in [2.75, 3.05) is 18.1 Å². The maximum absolute atomic E-state index is 12.3. The minimum atomic E-state index is -0.184. The third-order valence-corrected chi connectivity index (χ3v) is 3.48. The van der Waals surface area contributed by atoms with Gasteiger partial charge in [0.1, 0.15) is 5.82 Å². The summed E-state index contributed by atoms with van der Waals surface area (Å²) < 4.78 is 0. The number of rotatable bonds is 3. The number of anilines is 1. The molecule has 1 heterocycles. The van der Waals surface area contributed by atoms with Crippen LogP contribution >= 0.6 is 11.8 Å². The van der Waals surface area contributed by atoms with Crippen LogP contribution in [0.4, 0.5) is 5.82 Å². The molecular weight excluding hydrogens is 282 g/mol. The second kappa shape index (κ2) is 7.48. The number of nitrogens with two attached hydrogens (primary N) is 1. The van der Waals surface area contributed by atoms with E-state index in [4.69, 9.17) is 5.73 Å². The van der Waals surface area contributed by atoms with Gasteiger partial charge >= 0.3 is 0 Å². The minimum absolute atomic E-state index is 0.184. The van der Waals surface area contributed by atoms with Gasteiger partial charge in [-0.15, -0.1) is 11.8 Å². The fraction of sp³-hybridized carbons (Fsp3) is 0.125. The predicted octanol–water partition coefficient (Wildman–Crippen LogP) is 2.37. The Morgan fingerprint density at radius 1 is 1.38 bits per heavy atom. The SMILES string of the molecule is CSc1ccccc1C(=O)Nc1cc(C#CCN)ccn1. The molecule has 0 bridgehead atoms. The molecule has 5 heteroatoms. The van der Waals surface area contributed by atoms with Crippen LogP contribution in [0.25, 0.3) is 0 Å². The molecule has 2 aromatic rings. The van der Waals surface area contributed by atoms with Crippen molar-refractivity contribution in [1.29, 1.82) is 0 Å². The van der Waals surface area contributed by atoms with Crippen molar-refractivity contribution in [3.8, 4) is 11.8 Å². The number of carbonyl (C=O) groups excluding carboxylic acids is 1. The van der Waals surface area contributed by atoms with Crippen molar-refractivity contribution in [2.45, 2.75) is 4.90 Å². The molecule has 21 heavy (non-hydrogen) atoms. The molecule has 0 fully saturated rings. The normalized spacial score (nSPS) is 9.62. The highest BCUT2D eigenvalue weighted by atomic mass is 32.2. The fourth-order valence-corrected chi connectivity index (χ4v) is 2.34. The molecule has 1 aromatic heterocycles. The van der Waals surface area contributed by atoms with Gasteiger partial charge in [-0.1, -0.05) is 24.0 Å². The summed E-state index contributed by atoms with van der Waals surface area (Å²) in [5, 5.41) is 2.79. The van der Waals surface area contributed by atoms with E-state index in [9.17, 15) is 4.79 Å². The van der Waals surface area contributed by atoms with E-state index in [1.165, 1.54) is 11.8 Å². The van der Waals surface area contributed by atoms with E-state index in [2.05, 4.69) is 22.1 Å². The van der Waals surface area contributed by atoms with E-state index >= 15 is 0 Å². The summed E-state index contributed by atoms with van der Waals surface area (Å²) in [6.45, 7) is 0.297. The molecule has 0 aliphatic carbocycles. The summed E-state index contributed by atoms with van der Waals surface area (Å²) in [4.78, 5) is 17.4. The fourth-order valence-electron chi connectivity index (χ4n) is 1.75. The zero-order chi connectivity index (χ0) is 15.1. The Labute approximate surface area is 128 Å². The molecule has 1 amide bonds. The van der Waals surface area contributed by atoms with E-state index in [-0.39, 0.29) is 5.91 Å². The van der Waals surface area contributed by atoms with Crippen molar-refractivity contribution in [1.82, 2.24) is 4.98 Å². The highest BCUT2D eigenvalue weighted by Gasteiger charge is 2.11. The largest absolute Gasteiger partial charge is 0.320 e. The Hall–Kier alpha value is -2.29. The second-order valence-electron chi connectivity index (χ2n) is 4.09. The van der Waals surface area contributed by atoms with E-state index < -0.39 is 0 Å². The molecule has 0 aliphatic heterocycles. The predicted molar refractivity (Wildman–Crippen MR) is 86.3 cm³/mol. The van der Waals surface area contributed by atoms with Gasteiger partial charge in [0.2, 0.25) is 0 Å². The highest BCUT2D eigenvalue weighted by Crippen LogP contribution is 2.20. The Morgan fingerprint density at radius 3 is 2.95 bits per heavy atom. The smallest absolute Gasteiger partial charge is 0.257 e. The first-order chi connectivity index (χ1) is 10.2. The first-order valence-electron chi connectivity index (χ1n) is 6.34. The van der Waals surface area contributed by atoms with E-state index in [0.717, 1.165) is 10.5 Å². The minimum Gasteiger partial charge on any atom is -0.320 e. The molecule has 0 aliphatic rings. The number of amides is 1. The molecule has 0 unspecified atom stereocenters. The van der Waals surface area contributed by atoms with Gasteiger partial charge in [0, 0.05) is 16.7 Å². The summed E-state index contributed by atoms with van der Waals surface area (Å²) in [5.41, 5.74) is 6.74. The average molecular weight is 297 g/mol. The van der Waals surface area contributed by atoms with Crippen LogP contribution in [0, 0.1) is 11.8 Å². The molecule has 0 saturated carbocycles. The van der Waals surface area contributed by atoms with Crippen LogP contribution in [0.5, 0.6) is 0 Å². The van der Waals surface area contributed by atoms with Gasteiger partial charge in [0.25, 0.3) is 5.91 Å². The lowest BCUT2D eigenvalue weighted by Crippen LogP contribution is -2.13. The van der Waals surface area contributed by atoms with Crippen LogP contribution in [0.1, 0.15) is 15.9 Å². The standard InChI is InChI=1S/C16H15N3OS/c1-21-14-7-3-2-6-13(14)16(20)19-15-11-12(5-4-9-17)8-10-18-15/h2-3,6-8,10-11H,9,17H2,1H3,(H,18,19,20). The van der Waals surface area contributed by atoms with Gasteiger partial charge < -0.3 is 11.1 Å². The molecule has 0 saturated heterocycles. The van der Waals surface area contributed by atoms with Gasteiger partial charge in [-0.25, -0.2) is 4.98 Å². The topological polar surface area (TPSA) is 68.0 Å². The molecule has 0 radical (unpaired) electrons. The third kappa shape index (κ3) is 4.09. The Balaban J connectivity index is 2.20. The summed E-state index contributed by atoms with van der Waals surface area (Å²) in [5.74, 6) is 5.97. The van der Waals surface area contributed by atoms with Crippen molar-refractivity contribution < 1.29 is 4.79 Å². The number of nitrogens with one attached hydrogen (secondary N) is 1. The van der Waals surface area contributed by atoms with Gasteiger partial charge in [-0.3, -0.25) is 4.79 Å². The number of hydrogen-bond acceptors (Lipinski definition) is 4.